The quantitative estimate of drug-likeness (QED) is 0.395. The molecule has 0 radical (unpaired) electrons. The molecule has 0 saturated carbocycles. The number of nitrogens with zero attached hydrogens (tertiary/aromatic N) is 1. The number of ether oxygens (including phenoxy) is 2. The van der Waals surface area contributed by atoms with E-state index in [4.69, 9.17) is 18.9 Å². The van der Waals surface area contributed by atoms with Crippen LogP contribution in [-0.4, -0.2) is 33.3 Å². The molecule has 0 spiro atoms. The molecule has 6 heteroatoms. The van der Waals surface area contributed by atoms with Crippen molar-refractivity contribution in [2.24, 2.45) is 4.99 Å². The zero-order valence-corrected chi connectivity index (χ0v) is 17.6. The van der Waals surface area contributed by atoms with Gasteiger partial charge in [0, 0.05) is 19.5 Å². The first-order chi connectivity index (χ1) is 14.8. The van der Waals surface area contributed by atoms with E-state index in [9.17, 15) is 0 Å². The number of benzene rings is 2. The number of guanidine groups is 1. The van der Waals surface area contributed by atoms with Crippen LogP contribution in [-0.2, 0) is 19.4 Å². The number of hydrogen-bond donors (Lipinski definition) is 2. The zero-order valence-electron chi connectivity index (χ0n) is 17.6. The Morgan fingerprint density at radius 3 is 2.30 bits per heavy atom. The lowest BCUT2D eigenvalue weighted by Gasteiger charge is -2.13. The molecule has 2 aromatic carbocycles. The Balaban J connectivity index is 1.56. The number of nitrogens with one attached hydrogen (secondary N) is 2. The average Bonchev–Trinajstić information content (AvgIpc) is 3.31. The van der Waals surface area contributed by atoms with Gasteiger partial charge >= 0.3 is 0 Å². The molecule has 3 aromatic rings. The molecule has 1 heterocycles. The van der Waals surface area contributed by atoms with Crippen molar-refractivity contribution in [1.29, 1.82) is 0 Å². The van der Waals surface area contributed by atoms with Gasteiger partial charge in [-0.15, -0.1) is 0 Å². The van der Waals surface area contributed by atoms with E-state index in [1.54, 1.807) is 20.5 Å². The SMILES string of the molecule is COc1ccc(CCNC(=NCc2ccccc2)NCCc2ccco2)cc1OC. The second-order valence-corrected chi connectivity index (χ2v) is 6.77. The van der Waals surface area contributed by atoms with Gasteiger partial charge in [-0.05, 0) is 41.8 Å². The number of rotatable bonds is 10. The van der Waals surface area contributed by atoms with E-state index in [1.165, 1.54) is 5.56 Å². The fourth-order valence-electron chi connectivity index (χ4n) is 3.05. The second-order valence-electron chi connectivity index (χ2n) is 6.77. The molecular formula is C24H29N3O3. The second kappa shape index (κ2) is 11.6. The minimum absolute atomic E-state index is 0.618. The largest absolute Gasteiger partial charge is 0.493 e. The summed E-state index contributed by atoms with van der Waals surface area (Å²) < 4.78 is 16.1. The molecule has 0 saturated heterocycles. The van der Waals surface area contributed by atoms with Crippen LogP contribution in [0.15, 0.2) is 76.3 Å². The Kier molecular flexibility index (Phi) is 8.21. The zero-order chi connectivity index (χ0) is 21.0. The van der Waals surface area contributed by atoms with Crippen LogP contribution in [0.5, 0.6) is 11.5 Å². The molecule has 0 aliphatic heterocycles. The van der Waals surface area contributed by atoms with Crippen LogP contribution in [0.25, 0.3) is 0 Å². The maximum absolute atomic E-state index is 5.40. The molecule has 0 amide bonds. The van der Waals surface area contributed by atoms with Crippen molar-refractivity contribution < 1.29 is 13.9 Å². The molecule has 2 N–H and O–H groups in total. The number of furan rings is 1. The van der Waals surface area contributed by atoms with E-state index >= 15 is 0 Å². The summed E-state index contributed by atoms with van der Waals surface area (Å²) in [6, 6.07) is 20.1. The van der Waals surface area contributed by atoms with Crippen LogP contribution in [0.4, 0.5) is 0 Å². The van der Waals surface area contributed by atoms with Gasteiger partial charge in [0.25, 0.3) is 0 Å². The summed E-state index contributed by atoms with van der Waals surface area (Å²) in [4.78, 5) is 4.72. The third kappa shape index (κ3) is 6.58. The third-order valence-electron chi connectivity index (χ3n) is 4.66. The fourth-order valence-corrected chi connectivity index (χ4v) is 3.05. The monoisotopic (exact) mass is 407 g/mol. The van der Waals surface area contributed by atoms with Crippen LogP contribution in [0.1, 0.15) is 16.9 Å². The smallest absolute Gasteiger partial charge is 0.191 e. The molecular weight excluding hydrogens is 378 g/mol. The molecule has 1 aromatic heterocycles. The maximum Gasteiger partial charge on any atom is 0.191 e. The van der Waals surface area contributed by atoms with Crippen LogP contribution in [0, 0.1) is 0 Å². The molecule has 0 aliphatic rings. The molecule has 0 atom stereocenters. The molecule has 0 unspecified atom stereocenters. The Labute approximate surface area is 177 Å². The van der Waals surface area contributed by atoms with Crippen LogP contribution in [0.2, 0.25) is 0 Å². The van der Waals surface area contributed by atoms with Crippen LogP contribution >= 0.6 is 0 Å². The minimum atomic E-state index is 0.618. The van der Waals surface area contributed by atoms with Crippen LogP contribution in [0.3, 0.4) is 0 Å². The molecule has 0 aliphatic carbocycles. The van der Waals surface area contributed by atoms with Gasteiger partial charge in [-0.1, -0.05) is 36.4 Å². The van der Waals surface area contributed by atoms with E-state index in [0.717, 1.165) is 54.7 Å². The number of hydrogen-bond acceptors (Lipinski definition) is 4. The van der Waals surface area contributed by atoms with Crippen LogP contribution < -0.4 is 20.1 Å². The Morgan fingerprint density at radius 1 is 0.833 bits per heavy atom. The van der Waals surface area contributed by atoms with Crippen molar-refractivity contribution in [2.45, 2.75) is 19.4 Å². The summed E-state index contributed by atoms with van der Waals surface area (Å²) in [5.74, 6) is 3.21. The van der Waals surface area contributed by atoms with Gasteiger partial charge in [0.1, 0.15) is 5.76 Å². The average molecular weight is 408 g/mol. The number of aliphatic imine (C=N–C) groups is 1. The van der Waals surface area contributed by atoms with Crippen molar-refractivity contribution >= 4 is 5.96 Å². The summed E-state index contributed by atoms with van der Waals surface area (Å²) in [6.45, 7) is 2.11. The molecule has 0 bridgehead atoms. The van der Waals surface area contributed by atoms with E-state index in [1.807, 2.05) is 48.5 Å². The lowest BCUT2D eigenvalue weighted by Crippen LogP contribution is -2.39. The van der Waals surface area contributed by atoms with Gasteiger partial charge < -0.3 is 24.5 Å². The fraction of sp³-hybridized carbons (Fsp3) is 0.292. The maximum atomic E-state index is 5.40. The van der Waals surface area contributed by atoms with Gasteiger partial charge in [0.2, 0.25) is 0 Å². The van der Waals surface area contributed by atoms with Crippen molar-refractivity contribution in [3.05, 3.63) is 83.8 Å². The summed E-state index contributed by atoms with van der Waals surface area (Å²) in [6.07, 6.45) is 3.33. The lowest BCUT2D eigenvalue weighted by atomic mass is 10.1. The van der Waals surface area contributed by atoms with Crippen molar-refractivity contribution in [2.75, 3.05) is 27.3 Å². The van der Waals surface area contributed by atoms with Gasteiger partial charge in [-0.25, -0.2) is 4.99 Å². The highest BCUT2D eigenvalue weighted by atomic mass is 16.5. The van der Waals surface area contributed by atoms with Gasteiger partial charge in [0.15, 0.2) is 17.5 Å². The first-order valence-corrected chi connectivity index (χ1v) is 10.1. The normalized spacial score (nSPS) is 11.2. The van der Waals surface area contributed by atoms with E-state index < -0.39 is 0 Å². The molecule has 30 heavy (non-hydrogen) atoms. The van der Waals surface area contributed by atoms with Crippen molar-refractivity contribution in [3.63, 3.8) is 0 Å². The minimum Gasteiger partial charge on any atom is -0.493 e. The first kappa shape index (κ1) is 21.3. The highest BCUT2D eigenvalue weighted by Gasteiger charge is 2.05. The van der Waals surface area contributed by atoms with E-state index in [2.05, 4.69) is 22.8 Å². The third-order valence-corrected chi connectivity index (χ3v) is 4.66. The molecule has 0 fully saturated rings. The highest BCUT2D eigenvalue weighted by Crippen LogP contribution is 2.27. The van der Waals surface area contributed by atoms with Gasteiger partial charge in [-0.2, -0.15) is 0 Å². The summed E-state index contributed by atoms with van der Waals surface area (Å²) in [5, 5.41) is 6.81. The highest BCUT2D eigenvalue weighted by molar-refractivity contribution is 5.79. The predicted molar refractivity (Wildman–Crippen MR) is 119 cm³/mol. The summed E-state index contributed by atoms with van der Waals surface area (Å²) in [7, 11) is 3.29. The molecule has 3 rings (SSSR count). The lowest BCUT2D eigenvalue weighted by molar-refractivity contribution is 0.354. The molecule has 6 nitrogen and oxygen atoms in total. The van der Waals surface area contributed by atoms with E-state index in [-0.39, 0.29) is 0 Å². The Hall–Kier alpha value is -3.41. The molecule has 158 valence electrons. The topological polar surface area (TPSA) is 68.0 Å². The number of methoxy groups -OCH3 is 2. The predicted octanol–water partition coefficient (Wildman–Crippen LogP) is 3.82. The Morgan fingerprint density at radius 2 is 1.60 bits per heavy atom. The van der Waals surface area contributed by atoms with Gasteiger partial charge in [-0.3, -0.25) is 0 Å². The first-order valence-electron chi connectivity index (χ1n) is 10.1. The Bertz CT molecular complexity index is 909. The van der Waals surface area contributed by atoms with Crippen molar-refractivity contribution in [1.82, 2.24) is 10.6 Å². The van der Waals surface area contributed by atoms with Gasteiger partial charge in [0.05, 0.1) is 27.0 Å². The summed E-state index contributed by atoms with van der Waals surface area (Å²) >= 11 is 0. The van der Waals surface area contributed by atoms with E-state index in [0.29, 0.717) is 6.54 Å². The van der Waals surface area contributed by atoms with Crippen molar-refractivity contribution in [3.8, 4) is 11.5 Å². The standard InChI is InChI=1S/C24H29N3O3/c1-28-22-11-10-19(17-23(22)29-2)12-14-25-24(26-15-13-21-9-6-16-30-21)27-18-20-7-4-3-5-8-20/h3-11,16-17H,12-15,18H2,1-2H3,(H2,25,26,27). The summed E-state index contributed by atoms with van der Waals surface area (Å²) in [5.41, 5.74) is 2.34.